The Hall–Kier alpha value is -2.58. The Labute approximate surface area is 360 Å². The molecule has 6 aromatic rings. The average molecular weight is 838 g/mol. The zero-order valence-corrected chi connectivity index (χ0v) is 40.1. The SMILES string of the molecule is CCCCCCCCn1nc2c(-c3ccc(-c4cc5c(s4)-c4sc(C(C)(C)C)cc4C5(C)CCCCCCCC)s3)c(C)c(C)c(-c3ccc(C(C)(C)C)s3)c2n1. The molecule has 7 rings (SSSR count). The van der Waals surface area contributed by atoms with E-state index in [2.05, 4.69) is 124 Å². The lowest BCUT2D eigenvalue weighted by molar-refractivity contribution is 0.481. The topological polar surface area (TPSA) is 30.7 Å². The first-order valence-electron chi connectivity index (χ1n) is 22.0. The summed E-state index contributed by atoms with van der Waals surface area (Å²) in [5, 5.41) is 10.6. The van der Waals surface area contributed by atoms with Gasteiger partial charge in [-0.25, -0.2) is 0 Å². The van der Waals surface area contributed by atoms with Crippen molar-refractivity contribution in [3.05, 3.63) is 68.4 Å². The number of rotatable bonds is 17. The predicted molar refractivity (Wildman–Crippen MR) is 255 cm³/mol. The van der Waals surface area contributed by atoms with E-state index in [-0.39, 0.29) is 16.2 Å². The van der Waals surface area contributed by atoms with Gasteiger partial charge in [0.05, 0.1) is 6.54 Å². The van der Waals surface area contributed by atoms with Gasteiger partial charge >= 0.3 is 0 Å². The molecule has 7 heteroatoms. The van der Waals surface area contributed by atoms with Gasteiger partial charge in [-0.1, -0.05) is 133 Å². The van der Waals surface area contributed by atoms with E-state index in [4.69, 9.17) is 10.2 Å². The molecule has 5 heterocycles. The molecule has 57 heavy (non-hydrogen) atoms. The molecule has 0 fully saturated rings. The lowest BCUT2D eigenvalue weighted by atomic mass is 9.76. The Balaban J connectivity index is 1.26. The van der Waals surface area contributed by atoms with Crippen LogP contribution in [0.25, 0.3) is 51.4 Å². The third-order valence-electron chi connectivity index (χ3n) is 12.5. The molecule has 0 spiro atoms. The summed E-state index contributed by atoms with van der Waals surface area (Å²) in [6.07, 6.45) is 16.8. The summed E-state index contributed by atoms with van der Waals surface area (Å²) >= 11 is 7.94. The van der Waals surface area contributed by atoms with E-state index in [9.17, 15) is 0 Å². The van der Waals surface area contributed by atoms with Gasteiger partial charge in [0.1, 0.15) is 11.0 Å². The molecule has 0 bridgehead atoms. The third-order valence-corrected chi connectivity index (χ3v) is 18.2. The van der Waals surface area contributed by atoms with Gasteiger partial charge in [0.15, 0.2) is 0 Å². The molecule has 0 amide bonds. The molecular weight excluding hydrogens is 771 g/mol. The normalized spacial score (nSPS) is 15.6. The highest BCUT2D eigenvalue weighted by atomic mass is 32.1. The van der Waals surface area contributed by atoms with E-state index >= 15 is 0 Å². The molecule has 3 nitrogen and oxygen atoms in total. The van der Waals surface area contributed by atoms with Gasteiger partial charge in [0.2, 0.25) is 0 Å². The van der Waals surface area contributed by atoms with Crippen molar-refractivity contribution in [3.8, 4) is 40.4 Å². The summed E-state index contributed by atoms with van der Waals surface area (Å²) in [5.74, 6) is 0. The number of thiophene rings is 4. The van der Waals surface area contributed by atoms with E-state index in [1.807, 2.05) is 38.8 Å². The molecule has 0 radical (unpaired) electrons. The molecule has 1 atom stereocenters. The number of hydrogen-bond donors (Lipinski definition) is 0. The molecule has 0 N–H and O–H groups in total. The molecule has 1 aliphatic carbocycles. The number of aromatic nitrogens is 3. The number of benzene rings is 1. The number of unbranched alkanes of at least 4 members (excludes halogenated alkanes) is 10. The lowest BCUT2D eigenvalue weighted by Gasteiger charge is -2.26. The van der Waals surface area contributed by atoms with E-state index in [1.54, 1.807) is 11.1 Å². The molecule has 5 aromatic heterocycles. The quantitative estimate of drug-likeness (QED) is 0.0857. The fraction of sp³-hybridized carbons (Fsp3) is 0.560. The van der Waals surface area contributed by atoms with Crippen LogP contribution in [-0.2, 0) is 22.8 Å². The summed E-state index contributed by atoms with van der Waals surface area (Å²) in [7, 11) is 0. The van der Waals surface area contributed by atoms with Gasteiger partial charge < -0.3 is 0 Å². The molecule has 1 unspecified atom stereocenters. The highest BCUT2D eigenvalue weighted by Crippen LogP contribution is 2.60. The first-order chi connectivity index (χ1) is 27.2. The molecular formula is C50H67N3S4. The Morgan fingerprint density at radius 2 is 1.05 bits per heavy atom. The Morgan fingerprint density at radius 1 is 0.544 bits per heavy atom. The van der Waals surface area contributed by atoms with Crippen LogP contribution in [0.5, 0.6) is 0 Å². The zero-order valence-electron chi connectivity index (χ0n) is 36.8. The summed E-state index contributed by atoms with van der Waals surface area (Å²) in [6, 6.07) is 14.5. The zero-order chi connectivity index (χ0) is 40.7. The highest BCUT2D eigenvalue weighted by Gasteiger charge is 2.43. The van der Waals surface area contributed by atoms with Crippen molar-refractivity contribution in [2.75, 3.05) is 0 Å². The molecule has 0 aliphatic heterocycles. The van der Waals surface area contributed by atoms with Crippen molar-refractivity contribution in [3.63, 3.8) is 0 Å². The molecule has 1 aromatic carbocycles. The van der Waals surface area contributed by atoms with Crippen LogP contribution in [0.4, 0.5) is 0 Å². The Kier molecular flexibility index (Phi) is 12.8. The fourth-order valence-electron chi connectivity index (χ4n) is 8.73. The smallest absolute Gasteiger partial charge is 0.122 e. The fourth-order valence-corrected chi connectivity index (χ4v) is 13.9. The Morgan fingerprint density at radius 3 is 1.65 bits per heavy atom. The molecule has 1 aliphatic rings. The van der Waals surface area contributed by atoms with Gasteiger partial charge in [-0.3, -0.25) is 0 Å². The number of nitrogens with zero attached hydrogens (tertiary/aromatic N) is 3. The Bertz CT molecular complexity index is 2310. The predicted octanol–water partition coefficient (Wildman–Crippen LogP) is 17.3. The summed E-state index contributed by atoms with van der Waals surface area (Å²) in [4.78, 5) is 13.4. The van der Waals surface area contributed by atoms with Gasteiger partial charge in [-0.2, -0.15) is 15.0 Å². The van der Waals surface area contributed by atoms with E-state index in [0.29, 0.717) is 0 Å². The lowest BCUT2D eigenvalue weighted by Crippen LogP contribution is -2.20. The van der Waals surface area contributed by atoms with Crippen LogP contribution in [0.1, 0.15) is 178 Å². The van der Waals surface area contributed by atoms with Crippen molar-refractivity contribution < 1.29 is 0 Å². The van der Waals surface area contributed by atoms with Crippen molar-refractivity contribution in [2.45, 2.75) is 182 Å². The molecule has 306 valence electrons. The third kappa shape index (κ3) is 8.56. The van der Waals surface area contributed by atoms with Crippen LogP contribution in [0.15, 0.2) is 36.4 Å². The summed E-state index contributed by atoms with van der Waals surface area (Å²) < 4.78 is 0. The monoisotopic (exact) mass is 837 g/mol. The van der Waals surface area contributed by atoms with Crippen molar-refractivity contribution >= 4 is 56.4 Å². The van der Waals surface area contributed by atoms with Crippen LogP contribution >= 0.6 is 45.3 Å². The maximum atomic E-state index is 5.33. The summed E-state index contributed by atoms with van der Waals surface area (Å²) in [5.41, 5.74) is 10.8. The van der Waals surface area contributed by atoms with Crippen LogP contribution < -0.4 is 0 Å². The number of aryl methyl sites for hydroxylation is 1. The van der Waals surface area contributed by atoms with Gasteiger partial charge in [0, 0.05) is 55.6 Å². The van der Waals surface area contributed by atoms with E-state index in [1.165, 1.54) is 138 Å². The van der Waals surface area contributed by atoms with Gasteiger partial charge in [-0.05, 0) is 96.2 Å². The van der Waals surface area contributed by atoms with Gasteiger partial charge in [-0.15, -0.1) is 45.3 Å². The second kappa shape index (κ2) is 17.2. The first kappa shape index (κ1) is 42.5. The van der Waals surface area contributed by atoms with E-state index < -0.39 is 0 Å². The first-order valence-corrected chi connectivity index (χ1v) is 25.3. The highest BCUT2D eigenvalue weighted by molar-refractivity contribution is 7.27. The van der Waals surface area contributed by atoms with Crippen LogP contribution in [0, 0.1) is 13.8 Å². The minimum absolute atomic E-state index is 0.0725. The minimum Gasteiger partial charge on any atom is -0.184 e. The molecule has 0 saturated heterocycles. The largest absolute Gasteiger partial charge is 0.184 e. The van der Waals surface area contributed by atoms with Crippen LogP contribution in [0.3, 0.4) is 0 Å². The standard InChI is InChI=1S/C50H67N3S4/c1-12-14-16-18-20-22-28-50(11)34-30-39(56-46(34)47-35(50)31-41(57-47)49(8,9)10)36-24-25-37(54-36)42-32(3)33(4)43(38-26-27-40(55-38)48(5,6)7)45-44(42)51-53(52-45)29-23-21-19-17-15-13-2/h24-27,30-31H,12-23,28-29H2,1-11H3. The van der Waals surface area contributed by atoms with Crippen molar-refractivity contribution in [1.82, 2.24) is 15.0 Å². The van der Waals surface area contributed by atoms with Gasteiger partial charge in [0.25, 0.3) is 0 Å². The van der Waals surface area contributed by atoms with Crippen LogP contribution in [-0.4, -0.2) is 15.0 Å². The minimum atomic E-state index is 0.0725. The second-order valence-electron chi connectivity index (χ2n) is 19.1. The average Bonchev–Trinajstić information content (AvgIpc) is 4.00. The van der Waals surface area contributed by atoms with Crippen LogP contribution in [0.2, 0.25) is 0 Å². The maximum Gasteiger partial charge on any atom is 0.122 e. The second-order valence-corrected chi connectivity index (χ2v) is 23.4. The summed E-state index contributed by atoms with van der Waals surface area (Å²) in [6.45, 7) is 26.7. The molecule has 0 saturated carbocycles. The van der Waals surface area contributed by atoms with Crippen molar-refractivity contribution in [1.29, 1.82) is 0 Å². The maximum absolute atomic E-state index is 5.33. The number of hydrogen-bond acceptors (Lipinski definition) is 6. The number of fused-ring (bicyclic) bond motifs is 4. The van der Waals surface area contributed by atoms with Crippen molar-refractivity contribution in [2.24, 2.45) is 0 Å². The van der Waals surface area contributed by atoms with E-state index in [0.717, 1.165) is 24.0 Å².